The van der Waals surface area contributed by atoms with E-state index in [9.17, 15) is 0 Å². The largest absolute Gasteiger partial charge is 0.155 e. The summed E-state index contributed by atoms with van der Waals surface area (Å²) >= 11 is 2.13. The maximum absolute atomic E-state index is 2.39. The van der Waals surface area contributed by atoms with Crippen molar-refractivity contribution in [3.8, 4) is 0 Å². The van der Waals surface area contributed by atoms with Crippen molar-refractivity contribution in [2.45, 2.75) is 30.9 Å². The Hall–Kier alpha value is -0.430. The van der Waals surface area contributed by atoms with Gasteiger partial charge in [-0.05, 0) is 30.6 Å². The van der Waals surface area contributed by atoms with E-state index in [0.717, 1.165) is 0 Å². The Labute approximate surface area is 84.7 Å². The average Bonchev–Trinajstić information content (AvgIpc) is 2.13. The summed E-state index contributed by atoms with van der Waals surface area (Å²) in [5.41, 5.74) is 1.48. The fraction of sp³-hybridized carbons (Fsp3) is 0.500. The van der Waals surface area contributed by atoms with E-state index in [4.69, 9.17) is 0 Å². The number of hydrogen-bond acceptors (Lipinski definition) is 1. The van der Waals surface area contributed by atoms with Crippen LogP contribution in [0.2, 0.25) is 0 Å². The molecule has 1 heterocycles. The van der Waals surface area contributed by atoms with Crippen LogP contribution in [0.15, 0.2) is 30.3 Å². The SMILES string of the molecule is CC1(CCc2ccccc2)CCS1. The van der Waals surface area contributed by atoms with Crippen LogP contribution in [0.5, 0.6) is 0 Å². The topological polar surface area (TPSA) is 0 Å². The molecule has 0 N–H and O–H groups in total. The summed E-state index contributed by atoms with van der Waals surface area (Å²) in [7, 11) is 0. The Morgan fingerprint density at radius 3 is 2.54 bits per heavy atom. The Kier molecular flexibility index (Phi) is 2.63. The molecule has 1 aliphatic rings. The van der Waals surface area contributed by atoms with Crippen LogP contribution in [-0.4, -0.2) is 10.5 Å². The molecule has 0 saturated carbocycles. The molecule has 1 aromatic carbocycles. The molecule has 1 fully saturated rings. The fourth-order valence-electron chi connectivity index (χ4n) is 1.70. The molecule has 1 saturated heterocycles. The summed E-state index contributed by atoms with van der Waals surface area (Å²) in [6.07, 6.45) is 3.98. The summed E-state index contributed by atoms with van der Waals surface area (Å²) in [5.74, 6) is 1.37. The molecule has 2 rings (SSSR count). The van der Waals surface area contributed by atoms with Crippen LogP contribution in [0.4, 0.5) is 0 Å². The zero-order chi connectivity index (χ0) is 9.15. The van der Waals surface area contributed by atoms with Gasteiger partial charge in [0.1, 0.15) is 0 Å². The van der Waals surface area contributed by atoms with Crippen molar-refractivity contribution in [2.75, 3.05) is 5.75 Å². The van der Waals surface area contributed by atoms with E-state index >= 15 is 0 Å². The Bertz CT molecular complexity index is 262. The first-order chi connectivity index (χ1) is 6.29. The predicted octanol–water partition coefficient (Wildman–Crippen LogP) is 3.51. The molecule has 0 aliphatic carbocycles. The van der Waals surface area contributed by atoms with Crippen LogP contribution in [0.1, 0.15) is 25.3 Å². The summed E-state index contributed by atoms with van der Waals surface area (Å²) in [6.45, 7) is 2.39. The first-order valence-corrected chi connectivity index (χ1v) is 5.95. The average molecular weight is 192 g/mol. The normalized spacial score (nSPS) is 26.8. The quantitative estimate of drug-likeness (QED) is 0.706. The highest BCUT2D eigenvalue weighted by Gasteiger charge is 2.31. The van der Waals surface area contributed by atoms with Crippen LogP contribution < -0.4 is 0 Å². The summed E-state index contributed by atoms with van der Waals surface area (Å²) in [4.78, 5) is 0. The Morgan fingerprint density at radius 1 is 1.31 bits per heavy atom. The minimum Gasteiger partial charge on any atom is -0.155 e. The minimum atomic E-state index is 0.593. The van der Waals surface area contributed by atoms with Gasteiger partial charge in [0.15, 0.2) is 0 Å². The molecule has 0 aromatic heterocycles. The van der Waals surface area contributed by atoms with Gasteiger partial charge in [-0.1, -0.05) is 37.3 Å². The highest BCUT2D eigenvalue weighted by Crippen LogP contribution is 2.43. The lowest BCUT2D eigenvalue weighted by molar-refractivity contribution is 0.540. The van der Waals surface area contributed by atoms with Crippen molar-refractivity contribution in [3.63, 3.8) is 0 Å². The van der Waals surface area contributed by atoms with E-state index in [1.807, 2.05) is 0 Å². The van der Waals surface area contributed by atoms with Gasteiger partial charge in [0.05, 0.1) is 0 Å². The first-order valence-electron chi connectivity index (χ1n) is 4.96. The first kappa shape index (κ1) is 9.14. The van der Waals surface area contributed by atoms with Gasteiger partial charge in [-0.3, -0.25) is 0 Å². The highest BCUT2D eigenvalue weighted by atomic mass is 32.2. The molecule has 70 valence electrons. The van der Waals surface area contributed by atoms with Gasteiger partial charge >= 0.3 is 0 Å². The fourth-order valence-corrected chi connectivity index (χ4v) is 2.85. The van der Waals surface area contributed by atoms with Gasteiger partial charge in [0, 0.05) is 4.75 Å². The highest BCUT2D eigenvalue weighted by molar-refractivity contribution is 8.02. The smallest absolute Gasteiger partial charge is 0.0142 e. The molecule has 1 unspecified atom stereocenters. The lowest BCUT2D eigenvalue weighted by atomic mass is 9.97. The molecule has 0 spiro atoms. The van der Waals surface area contributed by atoms with Gasteiger partial charge in [-0.25, -0.2) is 0 Å². The maximum Gasteiger partial charge on any atom is 0.0142 e. The molecule has 0 bridgehead atoms. The van der Waals surface area contributed by atoms with Crippen LogP contribution in [-0.2, 0) is 6.42 Å². The zero-order valence-corrected chi connectivity index (χ0v) is 8.94. The molecule has 0 nitrogen and oxygen atoms in total. The second kappa shape index (κ2) is 3.75. The third kappa shape index (κ3) is 2.28. The van der Waals surface area contributed by atoms with Crippen LogP contribution >= 0.6 is 11.8 Å². The van der Waals surface area contributed by atoms with Crippen LogP contribution in [0.3, 0.4) is 0 Å². The summed E-state index contributed by atoms with van der Waals surface area (Å²) in [6, 6.07) is 10.8. The maximum atomic E-state index is 2.39. The van der Waals surface area contributed by atoms with E-state index in [1.54, 1.807) is 0 Å². The summed E-state index contributed by atoms with van der Waals surface area (Å²) in [5, 5.41) is 0. The van der Waals surface area contributed by atoms with E-state index < -0.39 is 0 Å². The lowest BCUT2D eigenvalue weighted by Gasteiger charge is -2.37. The van der Waals surface area contributed by atoms with Gasteiger partial charge in [-0.15, -0.1) is 0 Å². The van der Waals surface area contributed by atoms with Crippen molar-refractivity contribution in [3.05, 3.63) is 35.9 Å². The Balaban J connectivity index is 1.86. The molecular weight excluding hydrogens is 176 g/mol. The zero-order valence-electron chi connectivity index (χ0n) is 8.12. The molecular formula is C12H16S. The van der Waals surface area contributed by atoms with E-state index in [0.29, 0.717) is 4.75 Å². The van der Waals surface area contributed by atoms with Crippen molar-refractivity contribution in [2.24, 2.45) is 0 Å². The number of aryl methyl sites for hydroxylation is 1. The number of hydrogen-bond donors (Lipinski definition) is 0. The minimum absolute atomic E-state index is 0.593. The second-order valence-electron chi connectivity index (χ2n) is 4.03. The van der Waals surface area contributed by atoms with Gasteiger partial charge in [0.25, 0.3) is 0 Å². The number of benzene rings is 1. The van der Waals surface area contributed by atoms with Crippen molar-refractivity contribution >= 4 is 11.8 Å². The monoisotopic (exact) mass is 192 g/mol. The Morgan fingerprint density at radius 2 is 2.00 bits per heavy atom. The summed E-state index contributed by atoms with van der Waals surface area (Å²) < 4.78 is 0.593. The molecule has 1 aliphatic heterocycles. The van der Waals surface area contributed by atoms with Crippen molar-refractivity contribution < 1.29 is 0 Å². The second-order valence-corrected chi connectivity index (χ2v) is 5.72. The standard InChI is InChI=1S/C12H16S/c1-12(9-10-13-12)8-7-11-5-3-2-4-6-11/h2-6H,7-10H2,1H3. The molecule has 0 amide bonds. The van der Waals surface area contributed by atoms with E-state index in [-0.39, 0.29) is 0 Å². The van der Waals surface area contributed by atoms with Crippen molar-refractivity contribution in [1.29, 1.82) is 0 Å². The molecule has 13 heavy (non-hydrogen) atoms. The number of thioether (sulfide) groups is 1. The third-order valence-corrected chi connectivity index (χ3v) is 4.38. The predicted molar refractivity (Wildman–Crippen MR) is 60.2 cm³/mol. The van der Waals surface area contributed by atoms with Crippen LogP contribution in [0, 0.1) is 0 Å². The lowest BCUT2D eigenvalue weighted by Crippen LogP contribution is -2.31. The van der Waals surface area contributed by atoms with E-state index in [1.165, 1.54) is 30.6 Å². The molecule has 1 heteroatoms. The van der Waals surface area contributed by atoms with Gasteiger partial charge < -0.3 is 0 Å². The van der Waals surface area contributed by atoms with Crippen LogP contribution in [0.25, 0.3) is 0 Å². The van der Waals surface area contributed by atoms with Gasteiger partial charge in [-0.2, -0.15) is 11.8 Å². The molecule has 1 aromatic rings. The third-order valence-electron chi connectivity index (χ3n) is 2.87. The molecule has 1 atom stereocenters. The van der Waals surface area contributed by atoms with E-state index in [2.05, 4.69) is 49.0 Å². The molecule has 0 radical (unpaired) electrons. The van der Waals surface area contributed by atoms with Gasteiger partial charge in [0.2, 0.25) is 0 Å². The van der Waals surface area contributed by atoms with Crippen molar-refractivity contribution in [1.82, 2.24) is 0 Å². The number of rotatable bonds is 3.